The molecule has 0 N–H and O–H groups in total. The van der Waals surface area contributed by atoms with Crippen LogP contribution in [0.4, 0.5) is 5.69 Å². The van der Waals surface area contributed by atoms with E-state index in [1.165, 1.54) is 0 Å². The van der Waals surface area contributed by atoms with E-state index in [4.69, 9.17) is 10.1 Å². The van der Waals surface area contributed by atoms with Gasteiger partial charge < -0.3 is 17.1 Å². The van der Waals surface area contributed by atoms with Crippen molar-refractivity contribution in [2.75, 3.05) is 6.61 Å². The molecule has 0 radical (unpaired) electrons. The highest BCUT2D eigenvalue weighted by Crippen LogP contribution is 2.26. The van der Waals surface area contributed by atoms with Crippen LogP contribution in [0.15, 0.2) is 24.3 Å². The van der Waals surface area contributed by atoms with E-state index in [2.05, 4.69) is 4.98 Å². The standard InChI is InChI=1S/C9H11N2O.ClH/c1-2-7-12-9-6-4-3-5-8(9)11-10;/h3-6H,2,7H2,1H3;1H/q+1;/p-1. The molecule has 0 spiro atoms. The number of benzene rings is 1. The van der Waals surface area contributed by atoms with Gasteiger partial charge in [0, 0.05) is 6.07 Å². The monoisotopic (exact) mass is 198 g/mol. The summed E-state index contributed by atoms with van der Waals surface area (Å²) in [5, 5.41) is 8.56. The van der Waals surface area contributed by atoms with Crippen LogP contribution in [0.2, 0.25) is 0 Å². The number of halogens is 1. The Balaban J connectivity index is 0.00000144. The van der Waals surface area contributed by atoms with Crippen LogP contribution in [0.25, 0.3) is 4.98 Å². The minimum Gasteiger partial charge on any atom is -1.00 e. The van der Waals surface area contributed by atoms with Crippen molar-refractivity contribution < 1.29 is 17.1 Å². The Kier molecular flexibility index (Phi) is 5.66. The van der Waals surface area contributed by atoms with E-state index in [0.29, 0.717) is 18.0 Å². The van der Waals surface area contributed by atoms with Crippen LogP contribution in [0, 0.1) is 5.39 Å². The van der Waals surface area contributed by atoms with E-state index in [1.54, 1.807) is 18.2 Å². The maximum atomic E-state index is 8.56. The Labute approximate surface area is 83.8 Å². The molecule has 0 aromatic heterocycles. The third-order valence-corrected chi connectivity index (χ3v) is 1.43. The fraction of sp³-hybridized carbons (Fsp3) is 0.333. The van der Waals surface area contributed by atoms with Crippen molar-refractivity contribution in [3.05, 3.63) is 29.2 Å². The van der Waals surface area contributed by atoms with Gasteiger partial charge in [-0.1, -0.05) is 19.1 Å². The van der Waals surface area contributed by atoms with Gasteiger partial charge in [0.15, 0.2) is 4.98 Å². The number of hydrogen-bond acceptors (Lipinski definition) is 2. The second-order valence-corrected chi connectivity index (χ2v) is 2.42. The van der Waals surface area contributed by atoms with Gasteiger partial charge in [-0.15, -0.1) is 0 Å². The highest BCUT2D eigenvalue weighted by Gasteiger charge is 2.12. The zero-order chi connectivity index (χ0) is 8.81. The molecule has 0 atom stereocenters. The van der Waals surface area contributed by atoms with Crippen LogP contribution in [-0.2, 0) is 0 Å². The SMILES string of the molecule is CCCOc1ccccc1[N+]#N.[Cl-]. The van der Waals surface area contributed by atoms with Crippen LogP contribution in [0.1, 0.15) is 13.3 Å². The highest BCUT2D eigenvalue weighted by molar-refractivity contribution is 5.56. The molecule has 0 amide bonds. The van der Waals surface area contributed by atoms with Crippen LogP contribution < -0.4 is 17.1 Å². The van der Waals surface area contributed by atoms with Gasteiger partial charge in [0.2, 0.25) is 11.1 Å². The van der Waals surface area contributed by atoms with Crippen LogP contribution in [0.3, 0.4) is 0 Å². The molecule has 0 saturated carbocycles. The molecule has 3 nitrogen and oxygen atoms in total. The normalized spacial score (nSPS) is 8.31. The fourth-order valence-corrected chi connectivity index (χ4v) is 0.874. The molecule has 0 unspecified atom stereocenters. The molecule has 0 aliphatic heterocycles. The predicted molar refractivity (Wildman–Crippen MR) is 47.0 cm³/mol. The van der Waals surface area contributed by atoms with E-state index in [-0.39, 0.29) is 12.4 Å². The summed E-state index contributed by atoms with van der Waals surface area (Å²) in [4.78, 5) is 3.10. The van der Waals surface area contributed by atoms with Gasteiger partial charge >= 0.3 is 5.69 Å². The summed E-state index contributed by atoms with van der Waals surface area (Å²) in [6.07, 6.45) is 0.944. The van der Waals surface area contributed by atoms with Crippen molar-refractivity contribution in [3.8, 4) is 5.75 Å². The first kappa shape index (κ1) is 11.7. The molecule has 4 heteroatoms. The first-order chi connectivity index (χ1) is 5.88. The summed E-state index contributed by atoms with van der Waals surface area (Å²) in [7, 11) is 0. The number of diazo groups is 1. The fourth-order valence-electron chi connectivity index (χ4n) is 0.874. The second kappa shape index (κ2) is 6.27. The predicted octanol–water partition coefficient (Wildman–Crippen LogP) is -0.0360. The minimum absolute atomic E-state index is 0. The molecule has 13 heavy (non-hydrogen) atoms. The zero-order valence-electron chi connectivity index (χ0n) is 7.40. The number of rotatable bonds is 3. The highest BCUT2D eigenvalue weighted by atomic mass is 35.5. The molecule has 1 aromatic carbocycles. The summed E-state index contributed by atoms with van der Waals surface area (Å²) in [6, 6.07) is 7.13. The summed E-state index contributed by atoms with van der Waals surface area (Å²) in [5.74, 6) is 0.627. The zero-order valence-corrected chi connectivity index (χ0v) is 8.16. The van der Waals surface area contributed by atoms with Crippen molar-refractivity contribution in [2.45, 2.75) is 13.3 Å². The van der Waals surface area contributed by atoms with E-state index < -0.39 is 0 Å². The summed E-state index contributed by atoms with van der Waals surface area (Å²) in [5.41, 5.74) is 0.478. The Morgan fingerprint density at radius 3 is 2.69 bits per heavy atom. The molecule has 1 rings (SSSR count). The number of hydrogen-bond donors (Lipinski definition) is 0. The Hall–Kier alpha value is -1.27. The first-order valence-corrected chi connectivity index (χ1v) is 3.95. The van der Waals surface area contributed by atoms with Gasteiger partial charge in [0.1, 0.15) is 0 Å². The lowest BCUT2D eigenvalue weighted by atomic mass is 10.3. The lowest BCUT2D eigenvalue weighted by Gasteiger charge is -1.99. The van der Waals surface area contributed by atoms with Gasteiger partial charge in [-0.3, -0.25) is 0 Å². The van der Waals surface area contributed by atoms with Crippen molar-refractivity contribution in [1.29, 1.82) is 5.39 Å². The smallest absolute Gasteiger partial charge is 0.426 e. The van der Waals surface area contributed by atoms with E-state index in [9.17, 15) is 0 Å². The van der Waals surface area contributed by atoms with Crippen LogP contribution in [-0.4, -0.2) is 6.61 Å². The third-order valence-electron chi connectivity index (χ3n) is 1.43. The van der Waals surface area contributed by atoms with E-state index >= 15 is 0 Å². The maximum Gasteiger partial charge on any atom is 0.426 e. The van der Waals surface area contributed by atoms with Crippen molar-refractivity contribution >= 4 is 5.69 Å². The Morgan fingerprint density at radius 1 is 1.38 bits per heavy atom. The van der Waals surface area contributed by atoms with Gasteiger partial charge in [0.05, 0.1) is 6.61 Å². The molecule has 0 bridgehead atoms. The van der Waals surface area contributed by atoms with Crippen LogP contribution >= 0.6 is 0 Å². The largest absolute Gasteiger partial charge is 1.00 e. The molecule has 0 heterocycles. The molecule has 0 aliphatic carbocycles. The number of ether oxygens (including phenoxy) is 1. The quantitative estimate of drug-likeness (QED) is 0.640. The summed E-state index contributed by atoms with van der Waals surface area (Å²) < 4.78 is 5.32. The molecular weight excluding hydrogens is 188 g/mol. The van der Waals surface area contributed by atoms with Crippen molar-refractivity contribution in [3.63, 3.8) is 0 Å². The third kappa shape index (κ3) is 3.30. The molecular formula is C9H11ClN2O. The average molecular weight is 199 g/mol. The van der Waals surface area contributed by atoms with Crippen molar-refractivity contribution in [2.24, 2.45) is 0 Å². The Bertz CT molecular complexity index is 296. The Morgan fingerprint density at radius 2 is 2.08 bits per heavy atom. The maximum absolute atomic E-state index is 8.56. The topological polar surface area (TPSA) is 37.4 Å². The number of para-hydroxylation sites is 1. The van der Waals surface area contributed by atoms with E-state index in [0.717, 1.165) is 6.42 Å². The molecule has 1 aromatic rings. The number of nitrogens with zero attached hydrogens (tertiary/aromatic N) is 2. The average Bonchev–Trinajstić information content (AvgIpc) is 2.15. The molecule has 0 aliphatic rings. The second-order valence-electron chi connectivity index (χ2n) is 2.42. The van der Waals surface area contributed by atoms with Gasteiger partial charge in [-0.25, -0.2) is 0 Å². The lowest BCUT2D eigenvalue weighted by molar-refractivity contribution is -0.00000316. The lowest BCUT2D eigenvalue weighted by Crippen LogP contribution is -3.00. The van der Waals surface area contributed by atoms with Crippen LogP contribution in [0.5, 0.6) is 5.75 Å². The summed E-state index contributed by atoms with van der Waals surface area (Å²) in [6.45, 7) is 2.67. The minimum atomic E-state index is 0. The summed E-state index contributed by atoms with van der Waals surface area (Å²) >= 11 is 0. The van der Waals surface area contributed by atoms with Crippen molar-refractivity contribution in [1.82, 2.24) is 0 Å². The molecule has 70 valence electrons. The molecule has 0 fully saturated rings. The first-order valence-electron chi connectivity index (χ1n) is 3.95. The van der Waals surface area contributed by atoms with E-state index in [1.807, 2.05) is 13.0 Å². The molecule has 0 saturated heterocycles. The van der Waals surface area contributed by atoms with Gasteiger partial charge in [-0.2, -0.15) is 0 Å². The van der Waals surface area contributed by atoms with Gasteiger partial charge in [-0.05, 0) is 12.5 Å². The van der Waals surface area contributed by atoms with Gasteiger partial charge in [0.25, 0.3) is 0 Å².